The molecule has 0 bridgehead atoms. The van der Waals surface area contributed by atoms with Crippen LogP contribution in [0.2, 0.25) is 15.1 Å². The zero-order valence-electron chi connectivity index (χ0n) is 71.8. The van der Waals surface area contributed by atoms with E-state index in [0.717, 1.165) is 90.7 Å². The molecule has 654 valence electrons. The first-order chi connectivity index (χ1) is 58.3. The number of nitrogens with zero attached hydrogens (tertiary/aromatic N) is 14. The van der Waals surface area contributed by atoms with Gasteiger partial charge in [-0.15, -0.1) is 0 Å². The number of sulfone groups is 1. The van der Waals surface area contributed by atoms with Crippen LogP contribution in [0.4, 0.5) is 85.6 Å². The molecule has 6 N–H and O–H groups in total. The number of amides is 2. The first-order valence-electron chi connectivity index (χ1n) is 41.0. The summed E-state index contributed by atoms with van der Waals surface area (Å²) >= 11 is 19.2. The zero-order valence-corrected chi connectivity index (χ0v) is 77.5. The van der Waals surface area contributed by atoms with Crippen molar-refractivity contribution in [2.75, 3.05) is 222 Å². The maximum atomic E-state index is 13.8. The van der Waals surface area contributed by atoms with Gasteiger partial charge in [-0.3, -0.25) is 9.80 Å². The average molecular weight is 1800 g/mol. The van der Waals surface area contributed by atoms with E-state index in [2.05, 4.69) is 130 Å². The Kier molecular flexibility index (Phi) is 31.1. The van der Waals surface area contributed by atoms with Crippen molar-refractivity contribution in [3.63, 3.8) is 0 Å². The molecule has 0 radical (unpaired) electrons. The number of piperazine rings is 1. The molecule has 5 saturated heterocycles. The molecule has 0 aliphatic carbocycles. The second-order valence-electron chi connectivity index (χ2n) is 32.4. The van der Waals surface area contributed by atoms with E-state index in [1.54, 1.807) is 123 Å². The van der Waals surface area contributed by atoms with Gasteiger partial charge in [-0.05, 0) is 179 Å². The highest BCUT2D eigenvalue weighted by Crippen LogP contribution is 2.49. The molecule has 9 aromatic rings. The third-order valence-corrected chi connectivity index (χ3v) is 31.8. The highest BCUT2D eigenvalue weighted by atomic mass is 35.5. The Morgan fingerprint density at radius 1 is 0.484 bits per heavy atom. The number of para-hydroxylation sites is 3. The molecule has 0 saturated carbocycles. The SMILES string of the molecule is COc1cc(N2CCC(N3CCCN(C)CC3)CC2)ccc1Nc1ncc(Cl)c(Nc2ccccc2P(C)(C)=O)n1.COc1cc(N2CCC(N3CCN(C)CC3)CC2)ccc1Nc1ncc(Cl)c(Nc2ccccc2P(C)(C)=O)n1.COc1cc(P2(=O)CCN(C(=O)N(C)C)CC2)ccc1Nc1ncc(Cl)c(Nc2ccccc2S(=O)(=O)C(C)C)n1. The summed E-state index contributed by atoms with van der Waals surface area (Å²) in [6, 6.07) is 40.5. The van der Waals surface area contributed by atoms with Crippen LogP contribution in [0.25, 0.3) is 0 Å². The smallest absolute Gasteiger partial charge is 0.319 e. The molecule has 5 aliphatic rings. The molecule has 36 heteroatoms. The summed E-state index contributed by atoms with van der Waals surface area (Å²) in [4.78, 5) is 57.4. The first-order valence-corrected chi connectivity index (χ1v) is 51.0. The van der Waals surface area contributed by atoms with Gasteiger partial charge in [0.25, 0.3) is 0 Å². The lowest BCUT2D eigenvalue weighted by Gasteiger charge is -2.42. The van der Waals surface area contributed by atoms with Gasteiger partial charge in [-0.2, -0.15) is 15.0 Å². The predicted octanol–water partition coefficient (Wildman–Crippen LogP) is 15.4. The van der Waals surface area contributed by atoms with Crippen molar-refractivity contribution >= 4 is 169 Å². The van der Waals surface area contributed by atoms with Crippen LogP contribution in [0.3, 0.4) is 0 Å². The lowest BCUT2D eigenvalue weighted by molar-refractivity contribution is 0.0982. The lowest BCUT2D eigenvalue weighted by atomic mass is 10.0. The number of benzene rings is 6. The van der Waals surface area contributed by atoms with Crippen molar-refractivity contribution in [2.24, 2.45) is 0 Å². The van der Waals surface area contributed by atoms with Gasteiger partial charge in [0.05, 0.1) is 84.2 Å². The van der Waals surface area contributed by atoms with Gasteiger partial charge < -0.3 is 89.2 Å². The number of carbonyl (C=O) groups is 1. The number of anilines is 14. The fourth-order valence-corrected chi connectivity index (χ4v) is 22.1. The number of halogens is 3. The molecule has 5 aliphatic heterocycles. The van der Waals surface area contributed by atoms with E-state index >= 15 is 0 Å². The van der Waals surface area contributed by atoms with Gasteiger partial charge in [-0.25, -0.2) is 28.2 Å². The second-order valence-corrected chi connectivity index (χ2v) is 45.6. The van der Waals surface area contributed by atoms with Crippen LogP contribution in [-0.4, -0.2) is 271 Å². The van der Waals surface area contributed by atoms with Crippen LogP contribution >= 0.6 is 56.2 Å². The Bertz CT molecular complexity index is 5390. The number of piperidine rings is 2. The van der Waals surface area contributed by atoms with Gasteiger partial charge in [-0.1, -0.05) is 71.2 Å². The predicted molar refractivity (Wildman–Crippen MR) is 500 cm³/mol. The number of nitrogens with one attached hydrogen (secondary N) is 6. The van der Waals surface area contributed by atoms with Gasteiger partial charge >= 0.3 is 6.03 Å². The summed E-state index contributed by atoms with van der Waals surface area (Å²) in [6.45, 7) is 24.6. The minimum absolute atomic E-state index is 0.0877. The van der Waals surface area contributed by atoms with Crippen molar-refractivity contribution in [2.45, 2.75) is 68.2 Å². The monoisotopic (exact) mass is 1800 g/mol. The number of rotatable bonds is 24. The molecule has 29 nitrogen and oxygen atoms in total. The summed E-state index contributed by atoms with van der Waals surface area (Å²) in [7, 11) is 1.40. The van der Waals surface area contributed by atoms with Crippen molar-refractivity contribution in [1.82, 2.24) is 59.3 Å². The molecule has 0 unspecified atom stereocenters. The number of hydrogen-bond donors (Lipinski definition) is 6. The largest absolute Gasteiger partial charge is 0.495 e. The maximum absolute atomic E-state index is 13.8. The average Bonchev–Trinajstić information content (AvgIpc) is 0.812. The standard InChI is InChI=1S/C30H41ClN7O2P.C29H39ClN7O2P.C27H34ClN6O5PS/c1-36-14-7-15-37(19-18-36)22-12-16-38(17-13-22)23-10-11-25(27(20-23)40-2)34-30-32-21-24(31)29(35-30)33-26-8-5-6-9-28(26)41(3,4)39;1-35-15-17-37(18-16-35)21-11-13-36(14-12-21)22-9-10-24(26(19-22)39-2)33-29-31-20-23(30)28(34-29)32-25-7-5-6-8-27(25)40(3,4)38;1-18(2)41(37,38)24-9-7-6-8-22(24)30-25-20(28)17-29-26(32-25)31-21-11-10-19(16-23(21)39-5)40(36)14-12-34(13-15-40)27(35)33(3)4/h5-6,8-11,20-22H,7,12-19H2,1-4H3,(H2,32,33,34,35);5-10,19-21H,11-18H2,1-4H3,(H2,31,32,33,34);6-11,16-18H,12-15H2,1-5H3,(H2,29,30,31,32). The molecule has 6 aromatic carbocycles. The molecule has 5 fully saturated rings. The quantitative estimate of drug-likeness (QED) is 0.0306. The molecule has 2 amide bonds. The highest BCUT2D eigenvalue weighted by molar-refractivity contribution is 7.92. The Morgan fingerprint density at radius 2 is 0.861 bits per heavy atom. The topological polar surface area (TPSA) is 306 Å². The Balaban J connectivity index is 0.000000167. The molecule has 122 heavy (non-hydrogen) atoms. The number of aromatic nitrogens is 6. The molecule has 14 rings (SSSR count). The Hall–Kier alpha value is -9.02. The molecular weight excluding hydrogens is 1690 g/mol. The number of likely N-dealkylation sites (N-methyl/N-ethyl adjacent to an activating group) is 2. The Morgan fingerprint density at radius 3 is 1.27 bits per heavy atom. The number of carbonyl (C=O) groups excluding carboxylic acids is 1. The van der Waals surface area contributed by atoms with E-state index < -0.39 is 36.5 Å². The van der Waals surface area contributed by atoms with Gasteiger partial charge in [0.1, 0.15) is 53.7 Å². The minimum Gasteiger partial charge on any atom is -0.495 e. The molecular formula is C86H114Cl3N20O9P3S. The fourth-order valence-electron chi connectivity index (χ4n) is 15.6. The zero-order chi connectivity index (χ0) is 87.2. The third kappa shape index (κ3) is 23.5. The second kappa shape index (κ2) is 41.2. The van der Waals surface area contributed by atoms with Crippen LogP contribution in [0.1, 0.15) is 46.0 Å². The summed E-state index contributed by atoms with van der Waals surface area (Å²) in [6.07, 6.45) is 11.2. The van der Waals surface area contributed by atoms with Crippen LogP contribution in [0.15, 0.2) is 151 Å². The minimum atomic E-state index is -3.56. The first kappa shape index (κ1) is 92.2. The lowest BCUT2D eigenvalue weighted by Crippen LogP contribution is -2.52. The maximum Gasteiger partial charge on any atom is 0.319 e. The van der Waals surface area contributed by atoms with Crippen molar-refractivity contribution < 1.29 is 41.1 Å². The summed E-state index contributed by atoms with van der Waals surface area (Å²) < 4.78 is 82.2. The fraction of sp³-hybridized carbons (Fsp3) is 0.430. The van der Waals surface area contributed by atoms with Crippen LogP contribution < -0.4 is 71.8 Å². The normalized spacial score (nSPS) is 16.7. The van der Waals surface area contributed by atoms with E-state index in [4.69, 9.17) is 49.0 Å². The number of methoxy groups -OCH3 is 3. The van der Waals surface area contributed by atoms with Gasteiger partial charge in [0.2, 0.25) is 17.8 Å². The third-order valence-electron chi connectivity index (χ3n) is 22.6. The van der Waals surface area contributed by atoms with Gasteiger partial charge in [0, 0.05) is 156 Å². The summed E-state index contributed by atoms with van der Waals surface area (Å²) in [5.41, 5.74) is 6.14. The van der Waals surface area contributed by atoms with E-state index in [1.165, 1.54) is 89.1 Å². The van der Waals surface area contributed by atoms with E-state index in [-0.39, 0.29) is 27.7 Å². The van der Waals surface area contributed by atoms with Crippen molar-refractivity contribution in [3.8, 4) is 17.2 Å². The van der Waals surface area contributed by atoms with Crippen LogP contribution in [-0.2, 0) is 23.5 Å². The number of urea groups is 1. The summed E-state index contributed by atoms with van der Waals surface area (Å²) in [5.74, 6) is 3.90. The number of hydrogen-bond acceptors (Lipinski definition) is 27. The van der Waals surface area contributed by atoms with E-state index in [9.17, 15) is 26.9 Å². The number of ether oxygens (including phenoxy) is 3. The molecule has 3 aromatic heterocycles. The molecule has 0 atom stereocenters. The summed E-state index contributed by atoms with van der Waals surface area (Å²) in [5, 5.41) is 21.7. The van der Waals surface area contributed by atoms with Crippen LogP contribution in [0, 0.1) is 0 Å². The van der Waals surface area contributed by atoms with E-state index in [0.29, 0.717) is 105 Å². The Labute approximate surface area is 732 Å². The van der Waals surface area contributed by atoms with Crippen molar-refractivity contribution in [3.05, 3.63) is 161 Å². The highest BCUT2D eigenvalue weighted by Gasteiger charge is 2.35. The van der Waals surface area contributed by atoms with Gasteiger partial charge in [0.15, 0.2) is 27.3 Å². The van der Waals surface area contributed by atoms with E-state index in [1.807, 2.05) is 60.7 Å². The molecule has 8 heterocycles. The van der Waals surface area contributed by atoms with Crippen LogP contribution in [0.5, 0.6) is 17.2 Å². The molecule has 0 spiro atoms. The van der Waals surface area contributed by atoms with Crippen molar-refractivity contribution in [1.29, 1.82) is 0 Å².